The van der Waals surface area contributed by atoms with E-state index in [0.717, 1.165) is 25.7 Å². The van der Waals surface area contributed by atoms with Crippen molar-refractivity contribution < 1.29 is 4.79 Å². The lowest BCUT2D eigenvalue weighted by molar-refractivity contribution is 0.102. The standard InChI is InChI=1S/C25H31N3O2/c1-5-6-7-10-17-28-24(30)21-12-9-8-11-20(21)22(27-28)23(29)26-19-15-13-18(14-16-19)25(2,3)4/h8-9,11-16H,5-7,10,17H2,1-4H3,(H,26,29). The second-order valence-electron chi connectivity index (χ2n) is 8.76. The molecule has 3 aromatic rings. The third-order valence-corrected chi connectivity index (χ3v) is 5.32. The predicted molar refractivity (Wildman–Crippen MR) is 123 cm³/mol. The van der Waals surface area contributed by atoms with Gasteiger partial charge in [-0.05, 0) is 35.6 Å². The maximum atomic E-state index is 13.1. The van der Waals surface area contributed by atoms with E-state index in [2.05, 4.69) is 38.1 Å². The van der Waals surface area contributed by atoms with Crippen LogP contribution in [0.2, 0.25) is 0 Å². The van der Waals surface area contributed by atoms with Crippen LogP contribution in [-0.2, 0) is 12.0 Å². The van der Waals surface area contributed by atoms with Crippen LogP contribution in [-0.4, -0.2) is 15.7 Å². The van der Waals surface area contributed by atoms with E-state index in [1.165, 1.54) is 10.2 Å². The minimum Gasteiger partial charge on any atom is -0.321 e. The summed E-state index contributed by atoms with van der Waals surface area (Å²) in [5.74, 6) is -0.308. The van der Waals surface area contributed by atoms with Gasteiger partial charge in [0.1, 0.15) is 0 Å². The number of unbranched alkanes of at least 4 members (excludes halogenated alkanes) is 3. The van der Waals surface area contributed by atoms with E-state index in [1.807, 2.05) is 36.4 Å². The molecule has 0 fully saturated rings. The van der Waals surface area contributed by atoms with Gasteiger partial charge >= 0.3 is 0 Å². The second kappa shape index (κ2) is 9.24. The molecule has 1 N–H and O–H groups in total. The Morgan fingerprint density at radius 2 is 1.63 bits per heavy atom. The van der Waals surface area contributed by atoms with Crippen molar-refractivity contribution in [1.82, 2.24) is 9.78 Å². The molecule has 1 heterocycles. The molecule has 158 valence electrons. The van der Waals surface area contributed by atoms with E-state index in [1.54, 1.807) is 12.1 Å². The first kappa shape index (κ1) is 21.8. The highest BCUT2D eigenvalue weighted by Crippen LogP contribution is 2.24. The Hall–Kier alpha value is -2.95. The van der Waals surface area contributed by atoms with Crippen molar-refractivity contribution >= 4 is 22.4 Å². The molecule has 30 heavy (non-hydrogen) atoms. The molecule has 3 rings (SSSR count). The lowest BCUT2D eigenvalue weighted by atomic mass is 9.87. The number of hydrogen-bond acceptors (Lipinski definition) is 3. The topological polar surface area (TPSA) is 64.0 Å². The zero-order valence-electron chi connectivity index (χ0n) is 18.4. The third kappa shape index (κ3) is 4.96. The fourth-order valence-corrected chi connectivity index (χ4v) is 3.49. The van der Waals surface area contributed by atoms with Crippen LogP contribution in [0.5, 0.6) is 0 Å². The summed E-state index contributed by atoms with van der Waals surface area (Å²) in [6.45, 7) is 9.13. The maximum Gasteiger partial charge on any atom is 0.276 e. The molecule has 0 bridgehead atoms. The Bertz CT molecular complexity index is 1080. The Balaban J connectivity index is 1.90. The number of aryl methyl sites for hydroxylation is 1. The van der Waals surface area contributed by atoms with Crippen LogP contribution >= 0.6 is 0 Å². The smallest absolute Gasteiger partial charge is 0.276 e. The number of anilines is 1. The second-order valence-corrected chi connectivity index (χ2v) is 8.76. The quantitative estimate of drug-likeness (QED) is 0.526. The molecule has 0 saturated heterocycles. The molecule has 1 amide bonds. The maximum absolute atomic E-state index is 13.1. The van der Waals surface area contributed by atoms with E-state index < -0.39 is 0 Å². The van der Waals surface area contributed by atoms with E-state index in [9.17, 15) is 9.59 Å². The number of nitrogens with zero attached hydrogens (tertiary/aromatic N) is 2. The number of hydrogen-bond donors (Lipinski definition) is 1. The Kier molecular flexibility index (Phi) is 6.70. The number of benzene rings is 2. The fourth-order valence-electron chi connectivity index (χ4n) is 3.49. The number of amides is 1. The van der Waals surface area contributed by atoms with Gasteiger partial charge in [-0.25, -0.2) is 4.68 Å². The molecule has 0 radical (unpaired) electrons. The minimum absolute atomic E-state index is 0.0492. The molecule has 0 aliphatic rings. The molecule has 1 aromatic heterocycles. The lowest BCUT2D eigenvalue weighted by Gasteiger charge is -2.19. The SMILES string of the molecule is CCCCCCn1nc(C(=O)Nc2ccc(C(C)(C)C)cc2)c2ccccc2c1=O. The van der Waals surface area contributed by atoms with Crippen LogP contribution in [0.15, 0.2) is 53.3 Å². The summed E-state index contributed by atoms with van der Waals surface area (Å²) >= 11 is 0. The molecule has 0 aliphatic heterocycles. The lowest BCUT2D eigenvalue weighted by Crippen LogP contribution is -2.27. The van der Waals surface area contributed by atoms with E-state index in [0.29, 0.717) is 23.0 Å². The van der Waals surface area contributed by atoms with Crippen LogP contribution in [0.3, 0.4) is 0 Å². The molecule has 0 saturated carbocycles. The van der Waals surface area contributed by atoms with Gasteiger partial charge < -0.3 is 5.32 Å². The molecule has 0 aliphatic carbocycles. The normalized spacial score (nSPS) is 11.6. The van der Waals surface area contributed by atoms with E-state index in [-0.39, 0.29) is 22.6 Å². The van der Waals surface area contributed by atoms with Crippen LogP contribution in [0.1, 0.15) is 69.4 Å². The first-order valence-electron chi connectivity index (χ1n) is 10.7. The van der Waals surface area contributed by atoms with Gasteiger partial charge in [-0.15, -0.1) is 0 Å². The molecule has 5 heteroatoms. The van der Waals surface area contributed by atoms with Gasteiger partial charge in [-0.2, -0.15) is 5.10 Å². The number of carbonyl (C=O) groups excluding carboxylic acids is 1. The summed E-state index contributed by atoms with van der Waals surface area (Å²) in [7, 11) is 0. The van der Waals surface area contributed by atoms with Crippen molar-refractivity contribution in [2.45, 2.75) is 65.3 Å². The first-order valence-corrected chi connectivity index (χ1v) is 10.7. The summed E-state index contributed by atoms with van der Waals surface area (Å²) in [6.07, 6.45) is 4.16. The largest absolute Gasteiger partial charge is 0.321 e. The zero-order chi connectivity index (χ0) is 21.7. The molecule has 0 unspecified atom stereocenters. The highest BCUT2D eigenvalue weighted by atomic mass is 16.2. The molecule has 2 aromatic carbocycles. The van der Waals surface area contributed by atoms with Crippen LogP contribution < -0.4 is 10.9 Å². The number of rotatable bonds is 7. The number of nitrogens with one attached hydrogen (secondary N) is 1. The average molecular weight is 406 g/mol. The van der Waals surface area contributed by atoms with Crippen LogP contribution in [0.25, 0.3) is 10.8 Å². The van der Waals surface area contributed by atoms with Crippen molar-refractivity contribution in [3.8, 4) is 0 Å². The summed E-state index contributed by atoms with van der Waals surface area (Å²) in [5.41, 5.74) is 2.09. The summed E-state index contributed by atoms with van der Waals surface area (Å²) < 4.78 is 1.44. The van der Waals surface area contributed by atoms with Gasteiger partial charge in [0.15, 0.2) is 5.69 Å². The van der Waals surface area contributed by atoms with Crippen molar-refractivity contribution in [3.05, 3.63) is 70.1 Å². The van der Waals surface area contributed by atoms with Gasteiger partial charge in [0.25, 0.3) is 11.5 Å². The van der Waals surface area contributed by atoms with Crippen LogP contribution in [0.4, 0.5) is 5.69 Å². The first-order chi connectivity index (χ1) is 14.3. The van der Waals surface area contributed by atoms with E-state index in [4.69, 9.17) is 0 Å². The Morgan fingerprint density at radius 3 is 2.27 bits per heavy atom. The Labute approximate surface area is 178 Å². The van der Waals surface area contributed by atoms with Crippen molar-refractivity contribution in [2.75, 3.05) is 5.32 Å². The molecule has 0 atom stereocenters. The zero-order valence-corrected chi connectivity index (χ0v) is 18.4. The summed E-state index contributed by atoms with van der Waals surface area (Å²) in [4.78, 5) is 25.9. The van der Waals surface area contributed by atoms with Gasteiger partial charge in [-0.3, -0.25) is 9.59 Å². The predicted octanol–water partition coefficient (Wildman–Crippen LogP) is 5.53. The number of aromatic nitrogens is 2. The molecular weight excluding hydrogens is 374 g/mol. The number of fused-ring (bicyclic) bond motifs is 1. The summed E-state index contributed by atoms with van der Waals surface area (Å²) in [6, 6.07) is 15.0. The molecular formula is C25H31N3O2. The van der Waals surface area contributed by atoms with Gasteiger partial charge in [-0.1, -0.05) is 77.3 Å². The van der Waals surface area contributed by atoms with Crippen molar-refractivity contribution in [2.24, 2.45) is 0 Å². The highest BCUT2D eigenvalue weighted by Gasteiger charge is 2.18. The van der Waals surface area contributed by atoms with E-state index >= 15 is 0 Å². The monoisotopic (exact) mass is 405 g/mol. The minimum atomic E-state index is -0.308. The average Bonchev–Trinajstić information content (AvgIpc) is 2.72. The highest BCUT2D eigenvalue weighted by molar-refractivity contribution is 6.11. The Morgan fingerprint density at radius 1 is 0.967 bits per heavy atom. The molecule has 5 nitrogen and oxygen atoms in total. The van der Waals surface area contributed by atoms with Gasteiger partial charge in [0.05, 0.1) is 5.39 Å². The summed E-state index contributed by atoms with van der Waals surface area (Å²) in [5, 5.41) is 8.48. The van der Waals surface area contributed by atoms with Gasteiger partial charge in [0, 0.05) is 17.6 Å². The third-order valence-electron chi connectivity index (χ3n) is 5.32. The van der Waals surface area contributed by atoms with Crippen molar-refractivity contribution in [3.63, 3.8) is 0 Å². The van der Waals surface area contributed by atoms with Crippen molar-refractivity contribution in [1.29, 1.82) is 0 Å². The molecule has 0 spiro atoms. The number of carbonyl (C=O) groups is 1. The van der Waals surface area contributed by atoms with Gasteiger partial charge in [0.2, 0.25) is 0 Å². The fraction of sp³-hybridized carbons (Fsp3) is 0.400. The van der Waals surface area contributed by atoms with Crippen LogP contribution in [0, 0.1) is 0 Å².